The molecule has 0 bridgehead atoms. The van der Waals surface area contributed by atoms with Crippen molar-refractivity contribution in [2.24, 2.45) is 0 Å². The normalized spacial score (nSPS) is 11.7. The smallest absolute Gasteiger partial charge is 0.164 e. The molecule has 336 valence electrons. The van der Waals surface area contributed by atoms with Gasteiger partial charge in [-0.3, -0.25) is 0 Å². The van der Waals surface area contributed by atoms with Gasteiger partial charge in [0, 0.05) is 49.6 Å². The first-order valence-corrected chi connectivity index (χ1v) is 24.1. The van der Waals surface area contributed by atoms with Crippen LogP contribution in [0, 0.1) is 18.3 Å². The highest BCUT2D eigenvalue weighted by molar-refractivity contribution is 6.29. The van der Waals surface area contributed by atoms with Crippen LogP contribution in [0.3, 0.4) is 0 Å². The number of benzene rings is 10. The molecule has 0 amide bonds. The Morgan fingerprint density at radius 2 is 0.792 bits per heavy atom. The second-order valence-corrected chi connectivity index (χ2v) is 18.4. The van der Waals surface area contributed by atoms with Crippen molar-refractivity contribution in [1.29, 1.82) is 5.26 Å². The Hall–Kier alpha value is -9.90. The largest absolute Gasteiger partial charge is 0.455 e. The molecule has 7 heteroatoms. The van der Waals surface area contributed by atoms with E-state index in [-0.39, 0.29) is 0 Å². The number of aryl methyl sites for hydroxylation is 1. The lowest BCUT2D eigenvalue weighted by atomic mass is 9.97. The van der Waals surface area contributed by atoms with Crippen LogP contribution >= 0.6 is 0 Å². The Morgan fingerprint density at radius 1 is 0.361 bits per heavy atom. The van der Waals surface area contributed by atoms with Crippen molar-refractivity contribution < 1.29 is 4.42 Å². The molecule has 0 aliphatic carbocycles. The van der Waals surface area contributed by atoms with E-state index in [4.69, 9.17) is 19.4 Å². The summed E-state index contributed by atoms with van der Waals surface area (Å²) < 4.78 is 12.0. The van der Waals surface area contributed by atoms with Crippen LogP contribution in [0.4, 0.5) is 0 Å². The predicted molar refractivity (Wildman–Crippen MR) is 292 cm³/mol. The topological polar surface area (TPSA) is 85.5 Å². The number of nitrogens with zero attached hydrogens (tertiary/aromatic N) is 6. The van der Waals surface area contributed by atoms with Crippen LogP contribution in [-0.4, -0.2) is 24.1 Å². The van der Waals surface area contributed by atoms with Crippen molar-refractivity contribution in [2.75, 3.05) is 0 Å². The van der Waals surface area contributed by atoms with Crippen molar-refractivity contribution in [2.45, 2.75) is 6.92 Å². The first-order valence-electron chi connectivity index (χ1n) is 24.1. The third-order valence-corrected chi connectivity index (χ3v) is 14.1. The molecule has 0 aliphatic rings. The summed E-state index contributed by atoms with van der Waals surface area (Å²) in [6.45, 7) is 2.11. The van der Waals surface area contributed by atoms with Crippen LogP contribution in [0.2, 0.25) is 0 Å². The van der Waals surface area contributed by atoms with E-state index in [2.05, 4.69) is 162 Å². The van der Waals surface area contributed by atoms with Gasteiger partial charge >= 0.3 is 0 Å². The van der Waals surface area contributed by atoms with Gasteiger partial charge in [-0.05, 0) is 120 Å². The molecule has 0 N–H and O–H groups in total. The fourth-order valence-corrected chi connectivity index (χ4v) is 10.6. The molecule has 0 atom stereocenters. The van der Waals surface area contributed by atoms with Crippen LogP contribution < -0.4 is 0 Å². The lowest BCUT2D eigenvalue weighted by Crippen LogP contribution is -2.00. The Morgan fingerprint density at radius 3 is 1.29 bits per heavy atom. The van der Waals surface area contributed by atoms with Crippen molar-refractivity contribution >= 4 is 65.6 Å². The van der Waals surface area contributed by atoms with E-state index in [0.29, 0.717) is 23.0 Å². The molecule has 0 radical (unpaired) electrons. The zero-order valence-corrected chi connectivity index (χ0v) is 39.0. The third kappa shape index (κ3) is 6.62. The van der Waals surface area contributed by atoms with E-state index in [1.54, 1.807) is 0 Å². The van der Waals surface area contributed by atoms with Gasteiger partial charge in [0.1, 0.15) is 11.2 Å². The molecule has 0 unspecified atom stereocenters. The molecule has 0 fully saturated rings. The lowest BCUT2D eigenvalue weighted by molar-refractivity contribution is 0.677. The summed E-state index contributed by atoms with van der Waals surface area (Å²) in [6.07, 6.45) is 0. The van der Waals surface area contributed by atoms with Crippen molar-refractivity contribution in [3.63, 3.8) is 0 Å². The SMILES string of the molecule is Cc1ccc(-c2cc(-c3ccc(C#N)cc3)cc(-n3c4ccccc4c4c5oc6c(ccc7c6c6ccccc6n7-c6ccc(-c7nc(-c8ccccc8)nc(-c8ccccc8)n7)cc6)c5ccc43)c2)cc1. The molecule has 10 aromatic carbocycles. The number of fused-ring (bicyclic) bond motifs is 11. The first kappa shape index (κ1) is 41.1. The zero-order chi connectivity index (χ0) is 47.9. The van der Waals surface area contributed by atoms with Gasteiger partial charge in [0.2, 0.25) is 0 Å². The van der Waals surface area contributed by atoms with Crippen LogP contribution in [0.25, 0.3) is 133 Å². The number of rotatable bonds is 7. The number of hydrogen-bond acceptors (Lipinski definition) is 5. The summed E-state index contributed by atoms with van der Waals surface area (Å²) in [5, 5.41) is 16.1. The van der Waals surface area contributed by atoms with Gasteiger partial charge in [-0.15, -0.1) is 0 Å². The van der Waals surface area contributed by atoms with Crippen molar-refractivity contribution in [1.82, 2.24) is 24.1 Å². The average molecular weight is 921 g/mol. The second-order valence-electron chi connectivity index (χ2n) is 18.4. The highest BCUT2D eigenvalue weighted by Crippen LogP contribution is 2.45. The van der Waals surface area contributed by atoms with Gasteiger partial charge in [0.05, 0.1) is 44.5 Å². The van der Waals surface area contributed by atoms with E-state index < -0.39 is 0 Å². The summed E-state index contributed by atoms with van der Waals surface area (Å²) in [6, 6.07) is 80.4. The van der Waals surface area contributed by atoms with E-state index in [9.17, 15) is 5.26 Å². The molecule has 72 heavy (non-hydrogen) atoms. The highest BCUT2D eigenvalue weighted by Gasteiger charge is 2.23. The molecule has 0 saturated heterocycles. The number of aromatic nitrogens is 5. The highest BCUT2D eigenvalue weighted by atomic mass is 16.3. The van der Waals surface area contributed by atoms with Gasteiger partial charge in [0.15, 0.2) is 17.5 Å². The Labute approximate surface area is 413 Å². The van der Waals surface area contributed by atoms with Gasteiger partial charge in [-0.25, -0.2) is 15.0 Å². The number of furan rings is 1. The monoisotopic (exact) mass is 920 g/mol. The maximum absolute atomic E-state index is 9.59. The van der Waals surface area contributed by atoms with Crippen LogP contribution in [0.15, 0.2) is 229 Å². The summed E-state index contributed by atoms with van der Waals surface area (Å²) >= 11 is 0. The number of nitriles is 1. The van der Waals surface area contributed by atoms with Gasteiger partial charge in [0.25, 0.3) is 0 Å². The van der Waals surface area contributed by atoms with E-state index >= 15 is 0 Å². The minimum atomic E-state index is 0.610. The Balaban J connectivity index is 0.936. The van der Waals surface area contributed by atoms with Crippen LogP contribution in [-0.2, 0) is 0 Å². The fraction of sp³-hybridized carbons (Fsp3) is 0.0154. The molecule has 4 aromatic heterocycles. The van der Waals surface area contributed by atoms with E-state index in [0.717, 1.165) is 116 Å². The molecule has 14 aromatic rings. The molecule has 4 heterocycles. The molecule has 7 nitrogen and oxygen atoms in total. The lowest BCUT2D eigenvalue weighted by Gasteiger charge is -2.14. The van der Waals surface area contributed by atoms with E-state index in [1.807, 2.05) is 84.9 Å². The molecule has 14 rings (SSSR count). The predicted octanol–water partition coefficient (Wildman–Crippen LogP) is 16.5. The zero-order valence-electron chi connectivity index (χ0n) is 39.0. The molecule has 0 spiro atoms. The summed E-state index contributed by atoms with van der Waals surface area (Å²) in [5.74, 6) is 1.87. The quantitative estimate of drug-likeness (QED) is 0.159. The Kier molecular flexibility index (Phi) is 9.35. The summed E-state index contributed by atoms with van der Waals surface area (Å²) in [4.78, 5) is 14.9. The van der Waals surface area contributed by atoms with Gasteiger partial charge < -0.3 is 13.6 Å². The van der Waals surface area contributed by atoms with Crippen LogP contribution in [0.5, 0.6) is 0 Å². The van der Waals surface area contributed by atoms with Gasteiger partial charge in [-0.2, -0.15) is 5.26 Å². The molecular formula is C65H40N6O. The number of hydrogen-bond donors (Lipinski definition) is 0. The summed E-state index contributed by atoms with van der Waals surface area (Å²) in [7, 11) is 0. The molecule has 0 saturated carbocycles. The Bertz CT molecular complexity index is 4430. The average Bonchev–Trinajstić information content (AvgIpc) is 4.11. The fourth-order valence-electron chi connectivity index (χ4n) is 10.6. The summed E-state index contributed by atoms with van der Waals surface area (Å²) in [5.41, 5.74) is 17.0. The maximum atomic E-state index is 9.59. The van der Waals surface area contributed by atoms with Crippen molar-refractivity contribution in [3.8, 4) is 73.9 Å². The minimum absolute atomic E-state index is 0.610. The van der Waals surface area contributed by atoms with Crippen molar-refractivity contribution in [3.05, 3.63) is 236 Å². The van der Waals surface area contributed by atoms with E-state index in [1.165, 1.54) is 5.56 Å². The van der Waals surface area contributed by atoms with Crippen LogP contribution in [0.1, 0.15) is 11.1 Å². The standard InChI is InChI=1S/C65H40N6O/c1-40-20-24-42(25-21-40)47-36-48(43-26-22-41(39-66)23-27-43)38-50(37-47)71-56-19-11-9-17-54(56)60-58(71)35-33-52-51-32-34-57-59(61(51)72-62(52)60)53-16-8-10-18-55(53)70(57)49-30-28-46(29-31-49)65-68-63(44-12-4-2-5-13-44)67-64(69-65)45-14-6-3-7-15-45/h2-38H,1H3. The molecule has 0 aliphatic heterocycles. The van der Waals surface area contributed by atoms with Gasteiger partial charge in [-0.1, -0.05) is 139 Å². The number of para-hydroxylation sites is 2. The molecular weight excluding hydrogens is 881 g/mol. The minimum Gasteiger partial charge on any atom is -0.455 e. The second kappa shape index (κ2) is 16.4. The third-order valence-electron chi connectivity index (χ3n) is 14.1. The first-order chi connectivity index (χ1) is 35.5. The maximum Gasteiger partial charge on any atom is 0.164 e.